The molecule has 0 fully saturated rings. The van der Waals surface area contributed by atoms with E-state index in [0.29, 0.717) is 17.8 Å². The van der Waals surface area contributed by atoms with Gasteiger partial charge in [0.25, 0.3) is 0 Å². The predicted octanol–water partition coefficient (Wildman–Crippen LogP) is 3.21. The van der Waals surface area contributed by atoms with Gasteiger partial charge in [0.05, 0.1) is 11.3 Å². The lowest BCUT2D eigenvalue weighted by Gasteiger charge is -2.30. The first-order valence-electron chi connectivity index (χ1n) is 8.09. The van der Waals surface area contributed by atoms with Crippen molar-refractivity contribution in [3.63, 3.8) is 0 Å². The number of nitrogens with zero attached hydrogens (tertiary/aromatic N) is 1. The molecule has 3 rings (SSSR count). The van der Waals surface area contributed by atoms with Gasteiger partial charge >= 0.3 is 5.76 Å². The van der Waals surface area contributed by atoms with E-state index in [9.17, 15) is 22.0 Å². The molecule has 1 heterocycles. The summed E-state index contributed by atoms with van der Waals surface area (Å²) in [6.07, 6.45) is 1.66. The maximum atomic E-state index is 12.7. The van der Waals surface area contributed by atoms with E-state index in [2.05, 4.69) is 0 Å². The van der Waals surface area contributed by atoms with Crippen molar-refractivity contribution in [3.05, 3.63) is 53.6 Å². The van der Waals surface area contributed by atoms with Crippen LogP contribution in [0.25, 0.3) is 0 Å². The highest BCUT2D eigenvalue weighted by molar-refractivity contribution is 7.91. The van der Waals surface area contributed by atoms with Crippen LogP contribution >= 0.6 is 12.4 Å². The van der Waals surface area contributed by atoms with Crippen LogP contribution in [0.4, 0.5) is 20.2 Å². The number of halogens is 3. The summed E-state index contributed by atoms with van der Waals surface area (Å²) in [5, 5.41) is 0. The fraction of sp³-hybridized carbons (Fsp3) is 0.278. The first kappa shape index (κ1) is 21.1. The van der Waals surface area contributed by atoms with Gasteiger partial charge in [0.2, 0.25) is 15.7 Å². The molecule has 2 aromatic rings. The lowest BCUT2D eigenvalue weighted by molar-refractivity contribution is -0.118. The first-order chi connectivity index (χ1) is 12.3. The van der Waals surface area contributed by atoms with Crippen LogP contribution in [0.3, 0.4) is 0 Å². The van der Waals surface area contributed by atoms with E-state index < -0.39 is 20.5 Å². The number of carbonyl (C=O) groups is 1. The van der Waals surface area contributed by atoms with Crippen LogP contribution in [-0.2, 0) is 27.5 Å². The van der Waals surface area contributed by atoms with Gasteiger partial charge in [0.1, 0.15) is 0 Å². The third kappa shape index (κ3) is 4.22. The van der Waals surface area contributed by atoms with Crippen LogP contribution in [-0.4, -0.2) is 26.6 Å². The van der Waals surface area contributed by atoms with E-state index in [4.69, 9.17) is 5.73 Å². The van der Waals surface area contributed by atoms with Crippen molar-refractivity contribution < 1.29 is 22.0 Å². The van der Waals surface area contributed by atoms with Gasteiger partial charge in [-0.05, 0) is 48.2 Å². The molecule has 1 amide bonds. The van der Waals surface area contributed by atoms with Gasteiger partial charge in [-0.15, -0.1) is 12.4 Å². The van der Waals surface area contributed by atoms with E-state index in [0.717, 1.165) is 36.2 Å². The van der Waals surface area contributed by atoms with Gasteiger partial charge in [0, 0.05) is 17.9 Å². The number of fused-ring (bicyclic) bond motifs is 1. The fourth-order valence-electron chi connectivity index (χ4n) is 3.08. The molecule has 0 unspecified atom stereocenters. The summed E-state index contributed by atoms with van der Waals surface area (Å²) in [4.78, 5) is 13.9. The Balaban J connectivity index is 0.00000261. The average Bonchev–Trinajstić information content (AvgIpc) is 2.62. The van der Waals surface area contributed by atoms with Crippen molar-refractivity contribution in [2.45, 2.75) is 29.9 Å². The zero-order valence-electron chi connectivity index (χ0n) is 14.3. The Morgan fingerprint density at radius 2 is 1.81 bits per heavy atom. The molecular weight excluding hydrogens is 398 g/mol. The molecule has 0 radical (unpaired) electrons. The fourth-order valence-corrected chi connectivity index (χ4v) is 3.80. The maximum absolute atomic E-state index is 12.7. The third-order valence-electron chi connectivity index (χ3n) is 4.43. The first-order valence-corrected chi connectivity index (χ1v) is 9.64. The number of nitrogen functional groups attached to an aromatic ring is 1. The van der Waals surface area contributed by atoms with Gasteiger partial charge < -0.3 is 10.6 Å². The highest BCUT2D eigenvalue weighted by Gasteiger charge is 2.27. The Morgan fingerprint density at radius 1 is 1.15 bits per heavy atom. The zero-order chi connectivity index (χ0) is 18.9. The largest absolute Gasteiger partial charge is 0.398 e. The summed E-state index contributed by atoms with van der Waals surface area (Å²) in [5.74, 6) is -3.62. The van der Waals surface area contributed by atoms with Gasteiger partial charge in [-0.3, -0.25) is 4.79 Å². The average molecular weight is 417 g/mol. The molecule has 0 bridgehead atoms. The smallest absolute Gasteiger partial charge is 0.341 e. The molecule has 2 aromatic carbocycles. The lowest BCUT2D eigenvalue weighted by atomic mass is 9.99. The molecular formula is C18H19ClF2N2O3S. The van der Waals surface area contributed by atoms with Crippen molar-refractivity contribution >= 4 is 39.5 Å². The van der Waals surface area contributed by atoms with E-state index in [1.54, 1.807) is 17.0 Å². The normalized spacial score (nSPS) is 13.8. The number of hydrogen-bond donors (Lipinski definition) is 1. The molecule has 2 N–H and O–H groups in total. The SMILES string of the molecule is Cl.Nc1cccc2c1CCCN2C(=O)Cc1ccc(S(=O)(=O)C(F)F)cc1. The Morgan fingerprint density at radius 3 is 2.44 bits per heavy atom. The third-order valence-corrected chi connectivity index (χ3v) is 5.83. The van der Waals surface area contributed by atoms with Crippen LogP contribution in [0.2, 0.25) is 0 Å². The van der Waals surface area contributed by atoms with Crippen molar-refractivity contribution in [2.24, 2.45) is 0 Å². The van der Waals surface area contributed by atoms with Crippen molar-refractivity contribution in [1.29, 1.82) is 0 Å². The molecule has 9 heteroatoms. The van der Waals surface area contributed by atoms with Gasteiger partial charge in [-0.2, -0.15) is 8.78 Å². The van der Waals surface area contributed by atoms with Crippen LogP contribution < -0.4 is 10.6 Å². The maximum Gasteiger partial charge on any atom is 0.341 e. The quantitative estimate of drug-likeness (QED) is 0.776. The summed E-state index contributed by atoms with van der Waals surface area (Å²) < 4.78 is 48.0. The van der Waals surface area contributed by atoms with Crippen LogP contribution in [0, 0.1) is 0 Å². The number of nitrogens with two attached hydrogens (primary N) is 1. The van der Waals surface area contributed by atoms with Crippen molar-refractivity contribution in [2.75, 3.05) is 17.2 Å². The highest BCUT2D eigenvalue weighted by atomic mass is 35.5. The molecule has 0 saturated carbocycles. The molecule has 0 aromatic heterocycles. The summed E-state index contributed by atoms with van der Waals surface area (Å²) in [6, 6.07) is 10.4. The second-order valence-electron chi connectivity index (χ2n) is 6.12. The molecule has 146 valence electrons. The zero-order valence-corrected chi connectivity index (χ0v) is 15.9. The number of rotatable bonds is 4. The van der Waals surface area contributed by atoms with Gasteiger partial charge in [0.15, 0.2) is 0 Å². The molecule has 0 spiro atoms. The molecule has 1 aliphatic rings. The Bertz CT molecular complexity index is 934. The second kappa shape index (κ2) is 8.22. The standard InChI is InChI=1S/C18H18F2N2O3S.ClH/c19-18(20)26(24,25)13-8-6-12(7-9-13)11-17(23)22-10-2-3-14-15(21)4-1-5-16(14)22;/h1,4-9,18H,2-3,10-11,21H2;1H. The Kier molecular flexibility index (Phi) is 6.43. The number of carbonyl (C=O) groups excluding carboxylic acids is 1. The summed E-state index contributed by atoms with van der Waals surface area (Å²) in [6.45, 7) is 0.577. The number of benzene rings is 2. The van der Waals surface area contributed by atoms with Crippen LogP contribution in [0.5, 0.6) is 0 Å². The molecule has 0 aliphatic carbocycles. The van der Waals surface area contributed by atoms with E-state index in [1.165, 1.54) is 12.1 Å². The van der Waals surface area contributed by atoms with E-state index >= 15 is 0 Å². The number of sulfone groups is 1. The molecule has 27 heavy (non-hydrogen) atoms. The van der Waals surface area contributed by atoms with Crippen LogP contribution in [0.1, 0.15) is 17.5 Å². The number of amides is 1. The molecule has 1 aliphatic heterocycles. The lowest BCUT2D eigenvalue weighted by Crippen LogP contribution is -2.36. The molecule has 0 atom stereocenters. The summed E-state index contributed by atoms with van der Waals surface area (Å²) in [5.41, 5.74) is 8.93. The Hall–Kier alpha value is -2.19. The minimum Gasteiger partial charge on any atom is -0.398 e. The minimum absolute atomic E-state index is 0. The predicted molar refractivity (Wildman–Crippen MR) is 102 cm³/mol. The van der Waals surface area contributed by atoms with Crippen LogP contribution in [0.15, 0.2) is 47.4 Å². The minimum atomic E-state index is -4.63. The monoisotopic (exact) mass is 416 g/mol. The summed E-state index contributed by atoms with van der Waals surface area (Å²) in [7, 11) is -4.63. The Labute approximate surface area is 162 Å². The van der Waals surface area contributed by atoms with Crippen molar-refractivity contribution in [3.8, 4) is 0 Å². The van der Waals surface area contributed by atoms with Gasteiger partial charge in [-0.25, -0.2) is 8.42 Å². The molecule has 5 nitrogen and oxygen atoms in total. The second-order valence-corrected chi connectivity index (χ2v) is 8.04. The molecule has 0 saturated heterocycles. The summed E-state index contributed by atoms with van der Waals surface area (Å²) >= 11 is 0. The topological polar surface area (TPSA) is 80.5 Å². The van der Waals surface area contributed by atoms with Crippen molar-refractivity contribution in [1.82, 2.24) is 0 Å². The van der Waals surface area contributed by atoms with E-state index in [-0.39, 0.29) is 24.7 Å². The van der Waals surface area contributed by atoms with E-state index in [1.807, 2.05) is 6.07 Å². The number of hydrogen-bond acceptors (Lipinski definition) is 4. The highest BCUT2D eigenvalue weighted by Crippen LogP contribution is 2.31. The van der Waals surface area contributed by atoms with Gasteiger partial charge in [-0.1, -0.05) is 18.2 Å². The number of anilines is 2. The number of alkyl halides is 2.